The lowest BCUT2D eigenvalue weighted by Crippen LogP contribution is -2.07. The predicted molar refractivity (Wildman–Crippen MR) is 74.1 cm³/mol. The number of hydrogen-bond donors (Lipinski definition) is 3. The van der Waals surface area contributed by atoms with Gasteiger partial charge in [-0.1, -0.05) is 0 Å². The van der Waals surface area contributed by atoms with Gasteiger partial charge in [-0.2, -0.15) is 0 Å². The van der Waals surface area contributed by atoms with Crippen molar-refractivity contribution in [3.8, 4) is 11.5 Å². The van der Waals surface area contributed by atoms with Crippen LogP contribution in [0, 0.1) is 0 Å². The van der Waals surface area contributed by atoms with E-state index in [0.717, 1.165) is 4.90 Å². The minimum atomic E-state index is -1.32. The molecule has 2 rings (SSSR count). The van der Waals surface area contributed by atoms with Gasteiger partial charge in [-0.15, -0.1) is 12.6 Å². The van der Waals surface area contributed by atoms with Crippen molar-refractivity contribution in [1.29, 1.82) is 0 Å². The Morgan fingerprint density at radius 1 is 0.850 bits per heavy atom. The Morgan fingerprint density at radius 2 is 1.40 bits per heavy atom. The van der Waals surface area contributed by atoms with Crippen molar-refractivity contribution in [2.24, 2.45) is 0 Å². The molecule has 0 aliphatic rings. The van der Waals surface area contributed by atoms with Gasteiger partial charge >= 0.3 is 11.9 Å². The standard InChI is InChI=1S/C14H10O5S/c15-13(16)11-6-3-9(7-12(11)14(17)18)19-8-1-4-10(20)5-2-8/h1-7,20H,(H,15,16)(H,17,18). The lowest BCUT2D eigenvalue weighted by molar-refractivity contribution is 0.0651. The molecule has 20 heavy (non-hydrogen) atoms. The van der Waals surface area contributed by atoms with Crippen LogP contribution in [0.4, 0.5) is 0 Å². The smallest absolute Gasteiger partial charge is 0.336 e. The molecule has 0 saturated heterocycles. The van der Waals surface area contributed by atoms with Crippen LogP contribution in [0.2, 0.25) is 0 Å². The van der Waals surface area contributed by atoms with Crippen molar-refractivity contribution in [2.75, 3.05) is 0 Å². The SMILES string of the molecule is O=C(O)c1ccc(Oc2ccc(S)cc2)cc1C(=O)O. The molecule has 5 nitrogen and oxygen atoms in total. The molecule has 6 heteroatoms. The first kappa shape index (κ1) is 14.0. The first-order valence-corrected chi connectivity index (χ1v) is 5.99. The van der Waals surface area contributed by atoms with Crippen LogP contribution >= 0.6 is 12.6 Å². The van der Waals surface area contributed by atoms with Crippen LogP contribution in [0.3, 0.4) is 0 Å². The van der Waals surface area contributed by atoms with E-state index in [4.69, 9.17) is 14.9 Å². The van der Waals surface area contributed by atoms with Gasteiger partial charge in [0.25, 0.3) is 0 Å². The highest BCUT2D eigenvalue weighted by Crippen LogP contribution is 2.25. The van der Waals surface area contributed by atoms with E-state index < -0.39 is 11.9 Å². The van der Waals surface area contributed by atoms with E-state index in [1.807, 2.05) is 0 Å². The summed E-state index contributed by atoms with van der Waals surface area (Å²) in [5.41, 5.74) is -0.601. The molecule has 0 unspecified atom stereocenters. The zero-order valence-electron chi connectivity index (χ0n) is 10.1. The van der Waals surface area contributed by atoms with Crippen LogP contribution in [0.5, 0.6) is 11.5 Å². The van der Waals surface area contributed by atoms with E-state index in [1.165, 1.54) is 18.2 Å². The number of rotatable bonds is 4. The van der Waals surface area contributed by atoms with E-state index in [9.17, 15) is 9.59 Å². The molecule has 0 atom stereocenters. The molecule has 0 aliphatic carbocycles. The summed E-state index contributed by atoms with van der Waals surface area (Å²) in [5, 5.41) is 17.9. The van der Waals surface area contributed by atoms with Gasteiger partial charge in [-0.25, -0.2) is 9.59 Å². The fourth-order valence-electron chi connectivity index (χ4n) is 1.60. The van der Waals surface area contributed by atoms with Crippen LogP contribution in [-0.4, -0.2) is 22.2 Å². The summed E-state index contributed by atoms with van der Waals surface area (Å²) >= 11 is 4.14. The highest BCUT2D eigenvalue weighted by molar-refractivity contribution is 7.80. The molecule has 0 radical (unpaired) electrons. The molecule has 0 amide bonds. The van der Waals surface area contributed by atoms with Crippen molar-refractivity contribution < 1.29 is 24.5 Å². The Labute approximate surface area is 119 Å². The summed E-state index contributed by atoms with van der Waals surface area (Å²) < 4.78 is 5.47. The van der Waals surface area contributed by atoms with Gasteiger partial charge in [0.05, 0.1) is 11.1 Å². The lowest BCUT2D eigenvalue weighted by atomic mass is 10.1. The first-order valence-electron chi connectivity index (χ1n) is 5.55. The van der Waals surface area contributed by atoms with Gasteiger partial charge < -0.3 is 14.9 Å². The monoisotopic (exact) mass is 290 g/mol. The number of aromatic carboxylic acids is 2. The maximum absolute atomic E-state index is 11.0. The van der Waals surface area contributed by atoms with E-state index in [2.05, 4.69) is 12.6 Å². The largest absolute Gasteiger partial charge is 0.478 e. The Hall–Kier alpha value is -2.47. The molecule has 2 aromatic rings. The average molecular weight is 290 g/mol. The number of carboxylic acid groups (broad SMARTS) is 2. The van der Waals surface area contributed by atoms with Crippen LogP contribution in [-0.2, 0) is 0 Å². The second-order valence-corrected chi connectivity index (χ2v) is 4.43. The molecular weight excluding hydrogens is 280 g/mol. The van der Waals surface area contributed by atoms with E-state index in [1.54, 1.807) is 24.3 Å². The second-order valence-electron chi connectivity index (χ2n) is 3.91. The summed E-state index contributed by atoms with van der Waals surface area (Å²) in [6, 6.07) is 10.6. The zero-order chi connectivity index (χ0) is 14.7. The van der Waals surface area contributed by atoms with Gasteiger partial charge in [0.2, 0.25) is 0 Å². The van der Waals surface area contributed by atoms with Crippen molar-refractivity contribution >= 4 is 24.6 Å². The Kier molecular flexibility index (Phi) is 3.95. The molecule has 102 valence electrons. The summed E-state index contributed by atoms with van der Waals surface area (Å²) in [4.78, 5) is 22.7. The van der Waals surface area contributed by atoms with Gasteiger partial charge in [0.1, 0.15) is 11.5 Å². The first-order chi connectivity index (χ1) is 9.47. The summed E-state index contributed by atoms with van der Waals surface area (Å²) in [6.07, 6.45) is 0. The van der Waals surface area contributed by atoms with Gasteiger partial charge in [0, 0.05) is 4.90 Å². The maximum atomic E-state index is 11.0. The second kappa shape index (κ2) is 5.66. The molecule has 2 aromatic carbocycles. The highest BCUT2D eigenvalue weighted by Gasteiger charge is 2.16. The Balaban J connectivity index is 2.34. The van der Waals surface area contributed by atoms with Crippen molar-refractivity contribution in [1.82, 2.24) is 0 Å². The number of hydrogen-bond acceptors (Lipinski definition) is 4. The molecule has 0 spiro atoms. The predicted octanol–water partition coefficient (Wildman–Crippen LogP) is 3.16. The van der Waals surface area contributed by atoms with Crippen molar-refractivity contribution in [3.05, 3.63) is 53.6 Å². The third-order valence-electron chi connectivity index (χ3n) is 2.52. The number of benzene rings is 2. The molecule has 0 saturated carbocycles. The fraction of sp³-hybridized carbons (Fsp3) is 0. The molecular formula is C14H10O5S. The van der Waals surface area contributed by atoms with Gasteiger partial charge in [0.15, 0.2) is 0 Å². The minimum absolute atomic E-state index is 0.249. The van der Waals surface area contributed by atoms with Crippen molar-refractivity contribution in [2.45, 2.75) is 4.90 Å². The third kappa shape index (κ3) is 3.10. The van der Waals surface area contributed by atoms with E-state index >= 15 is 0 Å². The molecule has 0 fully saturated rings. The Morgan fingerprint density at radius 3 is 1.95 bits per heavy atom. The van der Waals surface area contributed by atoms with Crippen LogP contribution in [0.15, 0.2) is 47.4 Å². The Bertz CT molecular complexity index is 664. The van der Waals surface area contributed by atoms with Crippen LogP contribution in [0.1, 0.15) is 20.7 Å². The highest BCUT2D eigenvalue weighted by atomic mass is 32.1. The zero-order valence-corrected chi connectivity index (χ0v) is 11.0. The summed E-state index contributed by atoms with van der Waals surface area (Å²) in [5.74, 6) is -1.87. The topological polar surface area (TPSA) is 83.8 Å². The maximum Gasteiger partial charge on any atom is 0.336 e. The van der Waals surface area contributed by atoms with Crippen molar-refractivity contribution in [3.63, 3.8) is 0 Å². The molecule has 2 N–H and O–H groups in total. The third-order valence-corrected chi connectivity index (χ3v) is 2.82. The molecule has 0 aliphatic heterocycles. The number of carboxylic acids is 2. The molecule has 0 heterocycles. The van der Waals surface area contributed by atoms with Gasteiger partial charge in [-0.05, 0) is 42.5 Å². The van der Waals surface area contributed by atoms with Crippen LogP contribution in [0.25, 0.3) is 0 Å². The van der Waals surface area contributed by atoms with Crippen LogP contribution < -0.4 is 4.74 Å². The lowest BCUT2D eigenvalue weighted by Gasteiger charge is -2.08. The summed E-state index contributed by atoms with van der Waals surface area (Å²) in [7, 11) is 0. The molecule has 0 aromatic heterocycles. The normalized spacial score (nSPS) is 10.1. The summed E-state index contributed by atoms with van der Waals surface area (Å²) in [6.45, 7) is 0. The average Bonchev–Trinajstić information content (AvgIpc) is 2.41. The number of carbonyl (C=O) groups is 2. The fourth-order valence-corrected chi connectivity index (χ4v) is 1.75. The molecule has 0 bridgehead atoms. The van der Waals surface area contributed by atoms with E-state index in [-0.39, 0.29) is 16.9 Å². The number of ether oxygens (including phenoxy) is 1. The minimum Gasteiger partial charge on any atom is -0.478 e. The van der Waals surface area contributed by atoms with E-state index in [0.29, 0.717) is 5.75 Å². The quantitative estimate of drug-likeness (QED) is 0.753. The van der Waals surface area contributed by atoms with Gasteiger partial charge in [-0.3, -0.25) is 0 Å². The number of thiol groups is 1.